The van der Waals surface area contributed by atoms with Crippen LogP contribution in [0.1, 0.15) is 26.2 Å². The lowest BCUT2D eigenvalue weighted by Crippen LogP contribution is -2.44. The van der Waals surface area contributed by atoms with Gasteiger partial charge in [-0.05, 0) is 44.4 Å². The molecular weight excluding hydrogens is 346 g/mol. The third kappa shape index (κ3) is 2.92. The van der Waals surface area contributed by atoms with Gasteiger partial charge in [-0.15, -0.1) is 0 Å². The Hall–Kier alpha value is -1.69. The quantitative estimate of drug-likeness (QED) is 0.823. The number of aromatic nitrogens is 2. The van der Waals surface area contributed by atoms with E-state index in [0.29, 0.717) is 10.9 Å². The van der Waals surface area contributed by atoms with Crippen LogP contribution >= 0.6 is 15.9 Å². The van der Waals surface area contributed by atoms with Crippen molar-refractivity contribution in [3.8, 4) is 0 Å². The van der Waals surface area contributed by atoms with Crippen molar-refractivity contribution in [2.45, 2.75) is 38.8 Å². The van der Waals surface area contributed by atoms with Crippen molar-refractivity contribution < 1.29 is 4.79 Å². The highest BCUT2D eigenvalue weighted by Gasteiger charge is 2.23. The molecule has 0 unspecified atom stereocenters. The van der Waals surface area contributed by atoms with Crippen molar-refractivity contribution in [1.29, 1.82) is 0 Å². The summed E-state index contributed by atoms with van der Waals surface area (Å²) >= 11 is 3.36. The van der Waals surface area contributed by atoms with Gasteiger partial charge in [-0.1, -0.05) is 15.9 Å². The Kier molecular flexibility index (Phi) is 4.29. The maximum Gasteiger partial charge on any atom is 0.261 e. The normalized spacial score (nSPS) is 18.6. The minimum absolute atomic E-state index is 0.00885. The van der Waals surface area contributed by atoms with Gasteiger partial charge in [0.1, 0.15) is 6.54 Å². The van der Waals surface area contributed by atoms with Gasteiger partial charge in [0.2, 0.25) is 5.91 Å². The van der Waals surface area contributed by atoms with E-state index in [1.165, 1.54) is 10.9 Å². The molecule has 116 valence electrons. The SMILES string of the molecule is C[C@@H]1CCCCN1C(=O)Cn1cnc2ccc(Br)cc2c1=O. The van der Waals surface area contributed by atoms with Crippen LogP contribution in [0.2, 0.25) is 0 Å². The van der Waals surface area contributed by atoms with Gasteiger partial charge in [-0.2, -0.15) is 0 Å². The topological polar surface area (TPSA) is 55.2 Å². The zero-order chi connectivity index (χ0) is 15.7. The van der Waals surface area contributed by atoms with E-state index in [1.54, 1.807) is 12.1 Å². The van der Waals surface area contributed by atoms with Gasteiger partial charge < -0.3 is 4.90 Å². The van der Waals surface area contributed by atoms with E-state index in [4.69, 9.17) is 0 Å². The molecule has 1 aromatic heterocycles. The summed E-state index contributed by atoms with van der Waals surface area (Å²) in [4.78, 5) is 31.1. The lowest BCUT2D eigenvalue weighted by Gasteiger charge is -2.33. The fraction of sp³-hybridized carbons (Fsp3) is 0.438. The Morgan fingerprint density at radius 1 is 1.41 bits per heavy atom. The van der Waals surface area contributed by atoms with E-state index in [0.717, 1.165) is 30.3 Å². The summed E-state index contributed by atoms with van der Waals surface area (Å²) < 4.78 is 2.23. The van der Waals surface area contributed by atoms with Crippen molar-refractivity contribution in [1.82, 2.24) is 14.5 Å². The Labute approximate surface area is 137 Å². The molecule has 6 heteroatoms. The van der Waals surface area contributed by atoms with Gasteiger partial charge in [0.05, 0.1) is 17.2 Å². The standard InChI is InChI=1S/C16H18BrN3O2/c1-11-4-2-3-7-20(11)15(21)9-19-10-18-14-6-5-12(17)8-13(14)16(19)22/h5-6,8,10-11H,2-4,7,9H2,1H3/t11-/m1/s1. The highest BCUT2D eigenvalue weighted by molar-refractivity contribution is 9.10. The maximum absolute atomic E-state index is 12.5. The van der Waals surface area contributed by atoms with Gasteiger partial charge in [0, 0.05) is 17.1 Å². The number of amides is 1. The highest BCUT2D eigenvalue weighted by atomic mass is 79.9. The van der Waals surface area contributed by atoms with Crippen LogP contribution in [-0.2, 0) is 11.3 Å². The molecule has 0 spiro atoms. The van der Waals surface area contributed by atoms with E-state index < -0.39 is 0 Å². The minimum Gasteiger partial charge on any atom is -0.338 e. The van der Waals surface area contributed by atoms with Crippen LogP contribution in [0.4, 0.5) is 0 Å². The van der Waals surface area contributed by atoms with Crippen LogP contribution in [0.5, 0.6) is 0 Å². The Balaban J connectivity index is 1.89. The minimum atomic E-state index is -0.177. The second-order valence-corrected chi connectivity index (χ2v) is 6.69. The van der Waals surface area contributed by atoms with Gasteiger partial charge in [-0.25, -0.2) is 4.98 Å². The molecule has 1 aliphatic rings. The Morgan fingerprint density at radius 2 is 2.23 bits per heavy atom. The summed E-state index contributed by atoms with van der Waals surface area (Å²) in [5.74, 6) is -0.00885. The summed E-state index contributed by atoms with van der Waals surface area (Å²) in [7, 11) is 0. The first-order valence-corrected chi connectivity index (χ1v) is 8.30. The summed E-state index contributed by atoms with van der Waals surface area (Å²) in [5, 5.41) is 0.524. The lowest BCUT2D eigenvalue weighted by molar-refractivity contribution is -0.135. The first-order chi connectivity index (χ1) is 10.6. The molecule has 1 aliphatic heterocycles. The number of benzene rings is 1. The Bertz CT molecular complexity index is 772. The molecule has 1 fully saturated rings. The molecule has 1 atom stereocenters. The smallest absolute Gasteiger partial charge is 0.261 e. The molecule has 0 N–H and O–H groups in total. The van der Waals surface area contributed by atoms with Crippen LogP contribution in [-0.4, -0.2) is 32.9 Å². The predicted molar refractivity (Wildman–Crippen MR) is 88.7 cm³/mol. The summed E-state index contributed by atoms with van der Waals surface area (Å²) in [6.07, 6.45) is 4.69. The third-order valence-electron chi connectivity index (χ3n) is 4.21. The van der Waals surface area contributed by atoms with Gasteiger partial charge >= 0.3 is 0 Å². The molecule has 22 heavy (non-hydrogen) atoms. The van der Waals surface area contributed by atoms with Crippen LogP contribution in [0.25, 0.3) is 10.9 Å². The number of carbonyl (C=O) groups excluding carboxylic acids is 1. The molecular formula is C16H18BrN3O2. The monoisotopic (exact) mass is 363 g/mol. The fourth-order valence-corrected chi connectivity index (χ4v) is 3.31. The first kappa shape index (κ1) is 15.2. The highest BCUT2D eigenvalue weighted by Crippen LogP contribution is 2.17. The molecule has 2 heterocycles. The van der Waals surface area contributed by atoms with Crippen LogP contribution in [0, 0.1) is 0 Å². The van der Waals surface area contributed by atoms with Gasteiger partial charge in [-0.3, -0.25) is 14.2 Å². The second-order valence-electron chi connectivity index (χ2n) is 5.77. The average Bonchev–Trinajstić information content (AvgIpc) is 2.51. The number of hydrogen-bond acceptors (Lipinski definition) is 3. The Morgan fingerprint density at radius 3 is 3.00 bits per heavy atom. The number of likely N-dealkylation sites (tertiary alicyclic amines) is 1. The number of hydrogen-bond donors (Lipinski definition) is 0. The van der Waals surface area contributed by atoms with Crippen molar-refractivity contribution in [2.75, 3.05) is 6.54 Å². The molecule has 0 bridgehead atoms. The van der Waals surface area contributed by atoms with Crippen molar-refractivity contribution in [3.63, 3.8) is 0 Å². The summed E-state index contributed by atoms with van der Waals surface area (Å²) in [6.45, 7) is 2.90. The van der Waals surface area contributed by atoms with Gasteiger partial charge in [0.15, 0.2) is 0 Å². The van der Waals surface area contributed by atoms with Crippen molar-refractivity contribution in [3.05, 3.63) is 39.4 Å². The number of nitrogens with zero attached hydrogens (tertiary/aromatic N) is 3. The number of halogens is 1. The lowest BCUT2D eigenvalue weighted by atomic mass is 10.0. The third-order valence-corrected chi connectivity index (χ3v) is 4.71. The molecule has 1 saturated heterocycles. The molecule has 3 rings (SSSR count). The first-order valence-electron chi connectivity index (χ1n) is 7.50. The second kappa shape index (κ2) is 6.20. The molecule has 1 amide bonds. The molecule has 5 nitrogen and oxygen atoms in total. The largest absolute Gasteiger partial charge is 0.338 e. The summed E-state index contributed by atoms with van der Waals surface area (Å²) in [5.41, 5.74) is 0.465. The van der Waals surface area contributed by atoms with Crippen LogP contribution in [0.15, 0.2) is 33.8 Å². The maximum atomic E-state index is 12.5. The van der Waals surface area contributed by atoms with E-state index in [9.17, 15) is 9.59 Å². The number of rotatable bonds is 2. The van der Waals surface area contributed by atoms with E-state index in [2.05, 4.69) is 27.8 Å². The molecule has 0 aliphatic carbocycles. The van der Waals surface area contributed by atoms with Crippen molar-refractivity contribution in [2.24, 2.45) is 0 Å². The molecule has 2 aromatic rings. The predicted octanol–water partition coefficient (Wildman–Crippen LogP) is 2.56. The molecule has 0 radical (unpaired) electrons. The zero-order valence-electron chi connectivity index (χ0n) is 12.5. The average molecular weight is 364 g/mol. The molecule has 1 aromatic carbocycles. The zero-order valence-corrected chi connectivity index (χ0v) is 14.0. The number of piperidine rings is 1. The van der Waals surface area contributed by atoms with Crippen molar-refractivity contribution >= 4 is 32.7 Å². The van der Waals surface area contributed by atoms with Crippen LogP contribution < -0.4 is 5.56 Å². The van der Waals surface area contributed by atoms with E-state index in [1.807, 2.05) is 11.0 Å². The van der Waals surface area contributed by atoms with E-state index in [-0.39, 0.29) is 24.1 Å². The number of carbonyl (C=O) groups is 1. The van der Waals surface area contributed by atoms with Crippen LogP contribution in [0.3, 0.4) is 0 Å². The van der Waals surface area contributed by atoms with E-state index >= 15 is 0 Å². The molecule has 0 saturated carbocycles. The fourth-order valence-electron chi connectivity index (χ4n) is 2.95. The number of fused-ring (bicyclic) bond motifs is 1. The summed E-state index contributed by atoms with van der Waals surface area (Å²) in [6, 6.07) is 5.63. The van der Waals surface area contributed by atoms with Gasteiger partial charge in [0.25, 0.3) is 5.56 Å².